The molecule has 3 rings (SSSR count). The lowest BCUT2D eigenvalue weighted by Gasteiger charge is -2.02. The second-order valence-corrected chi connectivity index (χ2v) is 5.22. The van der Waals surface area contributed by atoms with Crippen molar-refractivity contribution in [1.82, 2.24) is 0 Å². The average Bonchev–Trinajstić information content (AvgIpc) is 2.48. The highest BCUT2D eigenvalue weighted by molar-refractivity contribution is 5.83. The first-order valence-electron chi connectivity index (χ1n) is 6.92. The normalized spacial score (nSPS) is 11.3. The third kappa shape index (κ3) is 2.79. The van der Waals surface area contributed by atoms with E-state index in [1.54, 1.807) is 6.07 Å². The number of fused-ring (bicyclic) bond motifs is 1. The van der Waals surface area contributed by atoms with Crippen molar-refractivity contribution in [2.24, 2.45) is 0 Å². The molecule has 0 fully saturated rings. The van der Waals surface area contributed by atoms with Crippen LogP contribution >= 0.6 is 0 Å². The van der Waals surface area contributed by atoms with Gasteiger partial charge in [0.05, 0.1) is 5.39 Å². The number of hydrogen-bond donors (Lipinski definition) is 0. The fourth-order valence-corrected chi connectivity index (χ4v) is 2.35. The predicted molar refractivity (Wildman–Crippen MR) is 87.3 cm³/mol. The molecule has 1 heterocycles. The summed E-state index contributed by atoms with van der Waals surface area (Å²) >= 11 is 0. The van der Waals surface area contributed by atoms with Crippen LogP contribution < -0.4 is 5.63 Å². The minimum Gasteiger partial charge on any atom is -0.423 e. The van der Waals surface area contributed by atoms with Gasteiger partial charge in [-0.25, -0.2) is 4.79 Å². The highest BCUT2D eigenvalue weighted by Crippen LogP contribution is 2.16. The Kier molecular flexibility index (Phi) is 3.44. The first-order chi connectivity index (χ1) is 10.1. The summed E-state index contributed by atoms with van der Waals surface area (Å²) in [5.74, 6) is 0.569. The summed E-state index contributed by atoms with van der Waals surface area (Å²) < 4.78 is 5.34. The van der Waals surface area contributed by atoms with Crippen LogP contribution in [-0.2, 0) is 0 Å². The molecule has 0 atom stereocenters. The Hall–Kier alpha value is -2.61. The van der Waals surface area contributed by atoms with Gasteiger partial charge in [-0.3, -0.25) is 0 Å². The van der Waals surface area contributed by atoms with Gasteiger partial charge in [0.15, 0.2) is 0 Å². The van der Waals surface area contributed by atoms with Crippen molar-refractivity contribution in [3.63, 3.8) is 0 Å². The highest BCUT2D eigenvalue weighted by Gasteiger charge is 2.02. The van der Waals surface area contributed by atoms with E-state index in [1.807, 2.05) is 36.4 Å². The van der Waals surface area contributed by atoms with E-state index in [-0.39, 0.29) is 5.63 Å². The van der Waals surface area contributed by atoms with Gasteiger partial charge in [-0.1, -0.05) is 48.0 Å². The lowest BCUT2D eigenvalue weighted by Crippen LogP contribution is -1.99. The van der Waals surface area contributed by atoms with Crippen LogP contribution in [0.15, 0.2) is 57.7 Å². The summed E-state index contributed by atoms with van der Waals surface area (Å²) in [6, 6.07) is 15.6. The molecule has 0 radical (unpaired) electrons. The van der Waals surface area contributed by atoms with Crippen molar-refractivity contribution < 1.29 is 4.42 Å². The molecule has 0 saturated heterocycles. The molecule has 0 aliphatic heterocycles. The van der Waals surface area contributed by atoms with E-state index >= 15 is 0 Å². The molecule has 0 amide bonds. The number of benzene rings is 2. The van der Waals surface area contributed by atoms with Crippen molar-refractivity contribution in [3.8, 4) is 0 Å². The third-order valence-electron chi connectivity index (χ3n) is 3.55. The Morgan fingerprint density at radius 3 is 2.62 bits per heavy atom. The molecule has 0 saturated carbocycles. The fourth-order valence-electron chi connectivity index (χ4n) is 2.35. The van der Waals surface area contributed by atoms with Gasteiger partial charge in [0.1, 0.15) is 5.76 Å². The van der Waals surface area contributed by atoms with Gasteiger partial charge in [0.25, 0.3) is 0 Å². The van der Waals surface area contributed by atoms with Crippen molar-refractivity contribution in [2.45, 2.75) is 13.8 Å². The van der Waals surface area contributed by atoms with Gasteiger partial charge >= 0.3 is 5.63 Å². The maximum absolute atomic E-state index is 11.9. The zero-order valence-corrected chi connectivity index (χ0v) is 12.1. The molecule has 0 N–H and O–H groups in total. The molecular weight excluding hydrogens is 260 g/mol. The van der Waals surface area contributed by atoms with Crippen molar-refractivity contribution in [1.29, 1.82) is 0 Å². The molecular formula is C19H16O2. The molecule has 0 unspecified atom stereocenters. The standard InChI is InChI=1S/C19H16O2/c1-13-7-8-14(2)15(11-13)9-10-17-12-16-5-3-4-6-18(16)19(20)21-17/h3-12H,1-2H3/b10-9+. The van der Waals surface area contributed by atoms with Gasteiger partial charge in [-0.15, -0.1) is 0 Å². The molecule has 3 aromatic rings. The van der Waals surface area contributed by atoms with Gasteiger partial charge in [0.2, 0.25) is 0 Å². The minimum absolute atomic E-state index is 0.297. The molecule has 104 valence electrons. The summed E-state index contributed by atoms with van der Waals surface area (Å²) in [5, 5.41) is 1.51. The zero-order chi connectivity index (χ0) is 14.8. The van der Waals surface area contributed by atoms with Crippen LogP contribution in [0.25, 0.3) is 22.9 Å². The predicted octanol–water partition coefficient (Wildman–Crippen LogP) is 4.58. The van der Waals surface area contributed by atoms with Crippen LogP contribution in [0.2, 0.25) is 0 Å². The van der Waals surface area contributed by atoms with Crippen molar-refractivity contribution >= 4 is 22.9 Å². The van der Waals surface area contributed by atoms with Crippen LogP contribution in [0.1, 0.15) is 22.5 Å². The quantitative estimate of drug-likeness (QED) is 0.685. The Bertz CT molecular complexity index is 885. The lowest BCUT2D eigenvalue weighted by molar-refractivity contribution is 0.510. The number of rotatable bonds is 2. The van der Waals surface area contributed by atoms with Crippen LogP contribution in [0.5, 0.6) is 0 Å². The van der Waals surface area contributed by atoms with E-state index in [2.05, 4.69) is 32.0 Å². The molecule has 2 heteroatoms. The van der Waals surface area contributed by atoms with Gasteiger partial charge in [0, 0.05) is 0 Å². The second-order valence-electron chi connectivity index (χ2n) is 5.22. The van der Waals surface area contributed by atoms with Gasteiger partial charge in [-0.2, -0.15) is 0 Å². The second kappa shape index (κ2) is 5.41. The van der Waals surface area contributed by atoms with Gasteiger partial charge in [-0.05, 0) is 48.6 Å². The Morgan fingerprint density at radius 1 is 0.952 bits per heavy atom. The first-order valence-corrected chi connectivity index (χ1v) is 6.92. The summed E-state index contributed by atoms with van der Waals surface area (Å²) in [5.41, 5.74) is 3.24. The molecule has 21 heavy (non-hydrogen) atoms. The van der Waals surface area contributed by atoms with Crippen LogP contribution in [0.4, 0.5) is 0 Å². The maximum Gasteiger partial charge on any atom is 0.344 e. The number of aryl methyl sites for hydroxylation is 2. The summed E-state index contributed by atoms with van der Waals surface area (Å²) in [6.45, 7) is 4.13. The molecule has 0 spiro atoms. The van der Waals surface area contributed by atoms with E-state index in [9.17, 15) is 4.79 Å². The number of hydrogen-bond acceptors (Lipinski definition) is 2. The molecule has 2 nitrogen and oxygen atoms in total. The van der Waals surface area contributed by atoms with E-state index in [0.29, 0.717) is 11.1 Å². The van der Waals surface area contributed by atoms with Crippen molar-refractivity contribution in [2.75, 3.05) is 0 Å². The summed E-state index contributed by atoms with van der Waals surface area (Å²) in [6.07, 6.45) is 3.82. The SMILES string of the molecule is Cc1ccc(C)c(/C=C/c2cc3ccccc3c(=O)o2)c1. The zero-order valence-electron chi connectivity index (χ0n) is 12.1. The third-order valence-corrected chi connectivity index (χ3v) is 3.55. The van der Waals surface area contributed by atoms with Crippen LogP contribution in [0, 0.1) is 13.8 Å². The lowest BCUT2D eigenvalue weighted by atomic mass is 10.0. The average molecular weight is 276 g/mol. The van der Waals surface area contributed by atoms with E-state index in [1.165, 1.54) is 11.1 Å². The Balaban J connectivity index is 2.03. The highest BCUT2D eigenvalue weighted by atomic mass is 16.4. The molecule has 0 aliphatic rings. The topological polar surface area (TPSA) is 30.2 Å². The van der Waals surface area contributed by atoms with E-state index < -0.39 is 0 Å². The van der Waals surface area contributed by atoms with Crippen LogP contribution in [-0.4, -0.2) is 0 Å². The first kappa shape index (κ1) is 13.4. The molecule has 0 aliphatic carbocycles. The molecule has 0 bridgehead atoms. The smallest absolute Gasteiger partial charge is 0.344 e. The largest absolute Gasteiger partial charge is 0.423 e. The maximum atomic E-state index is 11.9. The fraction of sp³-hybridized carbons (Fsp3) is 0.105. The monoisotopic (exact) mass is 276 g/mol. The Labute approximate surface area is 123 Å². The van der Waals surface area contributed by atoms with Gasteiger partial charge < -0.3 is 4.42 Å². The van der Waals surface area contributed by atoms with E-state index in [4.69, 9.17) is 4.42 Å². The molecule has 2 aromatic carbocycles. The summed E-state index contributed by atoms with van der Waals surface area (Å²) in [4.78, 5) is 11.9. The summed E-state index contributed by atoms with van der Waals surface area (Å²) in [7, 11) is 0. The van der Waals surface area contributed by atoms with Crippen molar-refractivity contribution in [3.05, 3.63) is 81.4 Å². The Morgan fingerprint density at radius 2 is 1.76 bits per heavy atom. The minimum atomic E-state index is -0.297. The van der Waals surface area contributed by atoms with E-state index in [0.717, 1.165) is 10.9 Å². The van der Waals surface area contributed by atoms with Crippen LogP contribution in [0.3, 0.4) is 0 Å². The molecule has 1 aromatic heterocycles.